The molecule has 0 saturated heterocycles. The molecule has 1 heterocycles. The molecule has 0 radical (unpaired) electrons. The van der Waals surface area contributed by atoms with Crippen molar-refractivity contribution in [2.24, 2.45) is 0 Å². The maximum absolute atomic E-state index is 12.8. The lowest BCUT2D eigenvalue weighted by Gasteiger charge is -2.10. The highest BCUT2D eigenvalue weighted by Crippen LogP contribution is 2.25. The average molecular weight is 277 g/mol. The molecular weight excluding hydrogens is 262 g/mol. The summed E-state index contributed by atoms with van der Waals surface area (Å²) in [6.07, 6.45) is 1.70. The molecule has 0 amide bonds. The zero-order valence-corrected chi connectivity index (χ0v) is 11.7. The number of hydrogen-bond donors (Lipinski definition) is 0. The fourth-order valence-corrected chi connectivity index (χ4v) is 2.37. The molecule has 0 atom stereocenters. The van der Waals surface area contributed by atoms with Crippen molar-refractivity contribution in [1.82, 2.24) is 4.98 Å². The highest BCUT2D eigenvalue weighted by atomic mass is 16.5. The van der Waals surface area contributed by atoms with Crippen LogP contribution >= 0.6 is 0 Å². The van der Waals surface area contributed by atoms with Crippen LogP contribution in [-0.4, -0.2) is 17.4 Å². The Balaban J connectivity index is 2.13. The zero-order chi connectivity index (χ0) is 14.7. The van der Waals surface area contributed by atoms with Crippen molar-refractivity contribution in [2.75, 3.05) is 6.61 Å². The number of benzene rings is 2. The van der Waals surface area contributed by atoms with E-state index >= 15 is 0 Å². The topological polar surface area (TPSA) is 39.2 Å². The van der Waals surface area contributed by atoms with Gasteiger partial charge in [0.1, 0.15) is 5.75 Å². The van der Waals surface area contributed by atoms with Crippen molar-refractivity contribution in [3.05, 3.63) is 71.9 Å². The Bertz CT molecular complexity index is 791. The van der Waals surface area contributed by atoms with Crippen LogP contribution in [0.5, 0.6) is 5.75 Å². The van der Waals surface area contributed by atoms with Gasteiger partial charge in [0.15, 0.2) is 5.78 Å². The molecule has 0 saturated carbocycles. The Morgan fingerprint density at radius 3 is 2.62 bits per heavy atom. The van der Waals surface area contributed by atoms with E-state index in [1.807, 2.05) is 49.4 Å². The molecule has 0 aliphatic rings. The van der Waals surface area contributed by atoms with Gasteiger partial charge in [-0.25, -0.2) is 0 Å². The number of nitrogens with zero attached hydrogens (tertiary/aromatic N) is 1. The maximum atomic E-state index is 12.8. The fraction of sp³-hybridized carbons (Fsp3) is 0.111. The first kappa shape index (κ1) is 13.3. The summed E-state index contributed by atoms with van der Waals surface area (Å²) in [4.78, 5) is 17.2. The van der Waals surface area contributed by atoms with Crippen molar-refractivity contribution >= 4 is 16.7 Å². The molecule has 1 aromatic heterocycles. The smallest absolute Gasteiger partial charge is 0.198 e. The lowest BCUT2D eigenvalue weighted by Crippen LogP contribution is -2.06. The molecule has 3 aromatic rings. The van der Waals surface area contributed by atoms with Crippen LogP contribution in [0.15, 0.2) is 60.8 Å². The predicted octanol–water partition coefficient (Wildman–Crippen LogP) is 3.86. The molecular formula is C18H15NO2. The summed E-state index contributed by atoms with van der Waals surface area (Å²) in [7, 11) is 0. The van der Waals surface area contributed by atoms with Crippen LogP contribution in [0.25, 0.3) is 10.9 Å². The Kier molecular flexibility index (Phi) is 3.65. The molecule has 3 rings (SSSR count). The molecule has 3 nitrogen and oxygen atoms in total. The van der Waals surface area contributed by atoms with E-state index in [0.717, 1.165) is 10.9 Å². The van der Waals surface area contributed by atoms with Crippen LogP contribution in [-0.2, 0) is 0 Å². The van der Waals surface area contributed by atoms with E-state index in [4.69, 9.17) is 4.74 Å². The number of aromatic nitrogens is 1. The lowest BCUT2D eigenvalue weighted by molar-refractivity contribution is 0.103. The van der Waals surface area contributed by atoms with E-state index in [2.05, 4.69) is 4.98 Å². The third-order valence-electron chi connectivity index (χ3n) is 3.31. The number of fused-ring (bicyclic) bond motifs is 1. The first-order valence-electron chi connectivity index (χ1n) is 6.91. The molecule has 104 valence electrons. The van der Waals surface area contributed by atoms with Gasteiger partial charge >= 0.3 is 0 Å². The molecule has 21 heavy (non-hydrogen) atoms. The van der Waals surface area contributed by atoms with Crippen LogP contribution in [0.3, 0.4) is 0 Å². The van der Waals surface area contributed by atoms with Crippen LogP contribution in [0, 0.1) is 0 Å². The van der Waals surface area contributed by atoms with Gasteiger partial charge in [-0.15, -0.1) is 0 Å². The second-order valence-corrected chi connectivity index (χ2v) is 4.64. The Hall–Kier alpha value is -2.68. The molecule has 2 aromatic carbocycles. The van der Waals surface area contributed by atoms with Gasteiger partial charge in [-0.3, -0.25) is 9.78 Å². The number of rotatable bonds is 4. The minimum Gasteiger partial charge on any atom is -0.493 e. The van der Waals surface area contributed by atoms with Gasteiger partial charge in [0.2, 0.25) is 0 Å². The summed E-state index contributed by atoms with van der Waals surface area (Å²) in [5.41, 5.74) is 1.88. The fourth-order valence-electron chi connectivity index (χ4n) is 2.37. The van der Waals surface area contributed by atoms with Crippen molar-refractivity contribution < 1.29 is 9.53 Å². The Labute approximate surface area is 123 Å². The molecule has 0 fully saturated rings. The quantitative estimate of drug-likeness (QED) is 0.680. The largest absolute Gasteiger partial charge is 0.493 e. The van der Waals surface area contributed by atoms with Gasteiger partial charge < -0.3 is 4.74 Å². The second kappa shape index (κ2) is 5.75. The maximum Gasteiger partial charge on any atom is 0.198 e. The van der Waals surface area contributed by atoms with E-state index < -0.39 is 0 Å². The number of carbonyl (C=O) groups is 1. The number of para-hydroxylation sites is 2. The highest BCUT2D eigenvalue weighted by Gasteiger charge is 2.17. The van der Waals surface area contributed by atoms with Gasteiger partial charge in [0.25, 0.3) is 0 Å². The number of ether oxygens (including phenoxy) is 1. The summed E-state index contributed by atoms with van der Waals surface area (Å²) in [6, 6.07) is 16.8. The van der Waals surface area contributed by atoms with Crippen molar-refractivity contribution in [3.63, 3.8) is 0 Å². The Morgan fingerprint density at radius 1 is 1.00 bits per heavy atom. The number of pyridine rings is 1. The minimum absolute atomic E-state index is 0.0663. The monoisotopic (exact) mass is 277 g/mol. The lowest BCUT2D eigenvalue weighted by atomic mass is 10.00. The van der Waals surface area contributed by atoms with Crippen LogP contribution in [0.2, 0.25) is 0 Å². The molecule has 0 bridgehead atoms. The van der Waals surface area contributed by atoms with Gasteiger partial charge in [0.05, 0.1) is 17.7 Å². The van der Waals surface area contributed by atoms with E-state index in [1.54, 1.807) is 18.3 Å². The molecule has 0 spiro atoms. The van der Waals surface area contributed by atoms with E-state index in [0.29, 0.717) is 23.5 Å². The number of carbonyl (C=O) groups excluding carboxylic acids is 1. The van der Waals surface area contributed by atoms with Gasteiger partial charge in [-0.05, 0) is 31.2 Å². The average Bonchev–Trinajstić information content (AvgIpc) is 2.54. The summed E-state index contributed by atoms with van der Waals surface area (Å²) in [5.74, 6) is 0.543. The third kappa shape index (κ3) is 2.50. The minimum atomic E-state index is -0.0663. The third-order valence-corrected chi connectivity index (χ3v) is 3.31. The van der Waals surface area contributed by atoms with E-state index in [1.165, 1.54) is 0 Å². The summed E-state index contributed by atoms with van der Waals surface area (Å²) in [5, 5.41) is 0.956. The van der Waals surface area contributed by atoms with Crippen LogP contribution in [0.1, 0.15) is 22.8 Å². The summed E-state index contributed by atoms with van der Waals surface area (Å²) < 4.78 is 5.55. The normalized spacial score (nSPS) is 10.5. The first-order valence-corrected chi connectivity index (χ1v) is 6.91. The first-order chi connectivity index (χ1) is 10.3. The van der Waals surface area contributed by atoms with Gasteiger partial charge in [0, 0.05) is 17.1 Å². The van der Waals surface area contributed by atoms with Gasteiger partial charge in [-0.2, -0.15) is 0 Å². The number of hydrogen-bond acceptors (Lipinski definition) is 3. The second-order valence-electron chi connectivity index (χ2n) is 4.64. The van der Waals surface area contributed by atoms with Crippen molar-refractivity contribution in [3.8, 4) is 5.75 Å². The highest BCUT2D eigenvalue weighted by molar-refractivity contribution is 6.16. The van der Waals surface area contributed by atoms with E-state index in [9.17, 15) is 4.79 Å². The SMILES string of the molecule is CCOc1ccccc1C(=O)c1cccc2cccnc12. The Morgan fingerprint density at radius 2 is 1.76 bits per heavy atom. The summed E-state index contributed by atoms with van der Waals surface area (Å²) in [6.45, 7) is 2.43. The molecule has 3 heteroatoms. The molecule has 0 unspecified atom stereocenters. The predicted molar refractivity (Wildman–Crippen MR) is 82.8 cm³/mol. The van der Waals surface area contributed by atoms with Crippen molar-refractivity contribution in [1.29, 1.82) is 0 Å². The van der Waals surface area contributed by atoms with Crippen LogP contribution < -0.4 is 4.74 Å². The van der Waals surface area contributed by atoms with E-state index in [-0.39, 0.29) is 5.78 Å². The van der Waals surface area contributed by atoms with Crippen LogP contribution in [0.4, 0.5) is 0 Å². The molecule has 0 aliphatic heterocycles. The molecule has 0 N–H and O–H groups in total. The number of ketones is 1. The van der Waals surface area contributed by atoms with Gasteiger partial charge in [-0.1, -0.05) is 30.3 Å². The summed E-state index contributed by atoms with van der Waals surface area (Å²) >= 11 is 0. The zero-order valence-electron chi connectivity index (χ0n) is 11.7. The van der Waals surface area contributed by atoms with Crippen molar-refractivity contribution in [2.45, 2.75) is 6.92 Å². The standard InChI is InChI=1S/C18H15NO2/c1-2-21-16-11-4-3-9-14(16)18(20)15-10-5-7-13-8-6-12-19-17(13)15/h3-12H,2H2,1H3. The molecule has 0 aliphatic carbocycles.